The number of nitrogens with zero attached hydrogens (tertiary/aromatic N) is 3. The van der Waals surface area contributed by atoms with Crippen LogP contribution in [0.1, 0.15) is 46.8 Å². The number of carbonyl (C=O) groups excluding carboxylic acids is 1. The number of aliphatic hydroxyl groups is 1. The Bertz CT molecular complexity index is 1060. The average molecular weight is 423 g/mol. The summed E-state index contributed by atoms with van der Waals surface area (Å²) in [6, 6.07) is 16.2. The Morgan fingerprint density at radius 2 is 1.97 bits per heavy atom. The number of fused-ring (bicyclic) bond motifs is 1. The monoisotopic (exact) mass is 422 g/mol. The molecule has 0 saturated heterocycles. The SMILES string of the molecule is CC(NC(=O)c1ccc(Cl)cc1)c1ccc2c(n1)CCCN2c1cccc(CO)n1. The van der Waals surface area contributed by atoms with Gasteiger partial charge in [0.25, 0.3) is 5.91 Å². The summed E-state index contributed by atoms with van der Waals surface area (Å²) in [5.41, 5.74) is 4.02. The Morgan fingerprint density at radius 1 is 1.17 bits per heavy atom. The minimum absolute atomic E-state index is 0.0867. The van der Waals surface area contributed by atoms with Crippen molar-refractivity contribution in [3.63, 3.8) is 0 Å². The van der Waals surface area contributed by atoms with Gasteiger partial charge in [-0.05, 0) is 68.3 Å². The van der Waals surface area contributed by atoms with E-state index in [4.69, 9.17) is 16.6 Å². The number of rotatable bonds is 5. The Balaban J connectivity index is 1.54. The highest BCUT2D eigenvalue weighted by atomic mass is 35.5. The highest BCUT2D eigenvalue weighted by Gasteiger charge is 2.22. The van der Waals surface area contributed by atoms with Crippen molar-refractivity contribution in [1.29, 1.82) is 0 Å². The third-order valence-corrected chi connectivity index (χ3v) is 5.44. The number of pyridine rings is 2. The summed E-state index contributed by atoms with van der Waals surface area (Å²) in [5, 5.41) is 13.0. The molecule has 154 valence electrons. The van der Waals surface area contributed by atoms with Gasteiger partial charge in [-0.1, -0.05) is 17.7 Å². The normalized spacial score (nSPS) is 14.2. The maximum Gasteiger partial charge on any atom is 0.251 e. The number of amides is 1. The lowest BCUT2D eigenvalue weighted by Crippen LogP contribution is -2.29. The Kier molecular flexibility index (Phi) is 5.97. The van der Waals surface area contributed by atoms with E-state index in [0.29, 0.717) is 16.3 Å². The van der Waals surface area contributed by atoms with Crippen molar-refractivity contribution in [3.05, 3.63) is 82.3 Å². The van der Waals surface area contributed by atoms with Gasteiger partial charge >= 0.3 is 0 Å². The number of anilines is 2. The van der Waals surface area contributed by atoms with Gasteiger partial charge in [-0.2, -0.15) is 0 Å². The zero-order valence-corrected chi connectivity index (χ0v) is 17.4. The summed E-state index contributed by atoms with van der Waals surface area (Å²) < 4.78 is 0. The van der Waals surface area contributed by atoms with Crippen molar-refractivity contribution in [2.24, 2.45) is 0 Å². The topological polar surface area (TPSA) is 78.4 Å². The highest BCUT2D eigenvalue weighted by molar-refractivity contribution is 6.30. The third kappa shape index (κ3) is 4.30. The highest BCUT2D eigenvalue weighted by Crippen LogP contribution is 2.32. The lowest BCUT2D eigenvalue weighted by molar-refractivity contribution is 0.0939. The molecule has 0 fully saturated rings. The Hall–Kier alpha value is -2.96. The van der Waals surface area contributed by atoms with Crippen LogP contribution in [0.4, 0.5) is 11.5 Å². The fraction of sp³-hybridized carbons (Fsp3) is 0.261. The van der Waals surface area contributed by atoms with Crippen LogP contribution >= 0.6 is 11.6 Å². The summed E-state index contributed by atoms with van der Waals surface area (Å²) in [4.78, 5) is 24.0. The second-order valence-corrected chi connectivity index (χ2v) is 7.74. The number of benzene rings is 1. The summed E-state index contributed by atoms with van der Waals surface area (Å²) in [7, 11) is 0. The van der Waals surface area contributed by atoms with E-state index < -0.39 is 0 Å². The van der Waals surface area contributed by atoms with Crippen LogP contribution in [-0.2, 0) is 13.0 Å². The Morgan fingerprint density at radius 3 is 2.73 bits per heavy atom. The van der Waals surface area contributed by atoms with E-state index in [-0.39, 0.29) is 18.6 Å². The van der Waals surface area contributed by atoms with E-state index in [9.17, 15) is 9.90 Å². The van der Waals surface area contributed by atoms with Crippen molar-refractivity contribution in [2.75, 3.05) is 11.4 Å². The zero-order chi connectivity index (χ0) is 21.1. The van der Waals surface area contributed by atoms with E-state index in [1.165, 1.54) is 0 Å². The van der Waals surface area contributed by atoms with E-state index in [1.807, 2.05) is 31.2 Å². The van der Waals surface area contributed by atoms with Gasteiger partial charge in [-0.3, -0.25) is 9.78 Å². The van der Waals surface area contributed by atoms with Crippen LogP contribution in [-0.4, -0.2) is 27.5 Å². The van der Waals surface area contributed by atoms with Crippen molar-refractivity contribution in [3.8, 4) is 0 Å². The van der Waals surface area contributed by atoms with Crippen molar-refractivity contribution in [1.82, 2.24) is 15.3 Å². The molecule has 7 heteroatoms. The van der Waals surface area contributed by atoms with E-state index >= 15 is 0 Å². The van der Waals surface area contributed by atoms with Gasteiger partial charge in [-0.25, -0.2) is 4.98 Å². The average Bonchev–Trinajstić information content (AvgIpc) is 2.78. The molecule has 3 aromatic rings. The molecule has 1 unspecified atom stereocenters. The van der Waals surface area contributed by atoms with E-state index in [1.54, 1.807) is 30.3 Å². The number of aryl methyl sites for hydroxylation is 1. The van der Waals surface area contributed by atoms with Crippen LogP contribution in [0.5, 0.6) is 0 Å². The molecule has 1 aliphatic rings. The minimum Gasteiger partial charge on any atom is -0.390 e. The van der Waals surface area contributed by atoms with Gasteiger partial charge in [-0.15, -0.1) is 0 Å². The van der Waals surface area contributed by atoms with Crippen LogP contribution in [0.15, 0.2) is 54.6 Å². The molecule has 0 spiro atoms. The number of aliphatic hydroxyl groups excluding tert-OH is 1. The molecule has 1 atom stereocenters. The van der Waals surface area contributed by atoms with Gasteiger partial charge in [0.2, 0.25) is 0 Å². The first-order chi connectivity index (χ1) is 14.5. The first kappa shape index (κ1) is 20.3. The van der Waals surface area contributed by atoms with Gasteiger partial charge < -0.3 is 15.3 Å². The van der Waals surface area contributed by atoms with Crippen molar-refractivity contribution in [2.45, 2.75) is 32.4 Å². The molecule has 30 heavy (non-hydrogen) atoms. The van der Waals surface area contributed by atoms with Crippen LogP contribution < -0.4 is 10.2 Å². The smallest absolute Gasteiger partial charge is 0.251 e. The third-order valence-electron chi connectivity index (χ3n) is 5.19. The molecule has 0 aliphatic carbocycles. The largest absolute Gasteiger partial charge is 0.390 e. The molecular formula is C23H23ClN4O2. The molecule has 2 aromatic heterocycles. The molecular weight excluding hydrogens is 400 g/mol. The maximum absolute atomic E-state index is 12.5. The first-order valence-corrected chi connectivity index (χ1v) is 10.3. The number of carbonyl (C=O) groups is 1. The second-order valence-electron chi connectivity index (χ2n) is 7.30. The first-order valence-electron chi connectivity index (χ1n) is 9.96. The van der Waals surface area contributed by atoms with E-state index in [0.717, 1.165) is 42.3 Å². The summed E-state index contributed by atoms with van der Waals surface area (Å²) in [5.74, 6) is 0.645. The Labute approximate surface area is 180 Å². The lowest BCUT2D eigenvalue weighted by Gasteiger charge is -2.30. The molecule has 0 radical (unpaired) electrons. The summed E-state index contributed by atoms with van der Waals surface area (Å²) in [6.45, 7) is 2.69. The predicted octanol–water partition coefficient (Wildman–Crippen LogP) is 4.20. The van der Waals surface area contributed by atoms with Crippen molar-refractivity contribution >= 4 is 29.0 Å². The number of nitrogens with one attached hydrogen (secondary N) is 1. The maximum atomic E-state index is 12.5. The van der Waals surface area contributed by atoms with E-state index in [2.05, 4.69) is 15.2 Å². The molecule has 1 amide bonds. The number of halogens is 1. The molecule has 6 nitrogen and oxygen atoms in total. The van der Waals surface area contributed by atoms with Gasteiger partial charge in [0.1, 0.15) is 5.82 Å². The van der Waals surface area contributed by atoms with Crippen LogP contribution in [0, 0.1) is 0 Å². The summed E-state index contributed by atoms with van der Waals surface area (Å²) >= 11 is 5.90. The number of aromatic nitrogens is 2. The van der Waals surface area contributed by atoms with Crippen LogP contribution in [0.3, 0.4) is 0 Å². The van der Waals surface area contributed by atoms with Gasteiger partial charge in [0.15, 0.2) is 0 Å². The second kappa shape index (κ2) is 8.81. The minimum atomic E-state index is -0.232. The lowest BCUT2D eigenvalue weighted by atomic mass is 10.0. The molecule has 1 aromatic carbocycles. The standard InChI is InChI=1S/C23H23ClN4O2/c1-15(25-23(30)16-7-9-17(24)10-8-16)19-11-12-21-20(27-19)5-3-13-28(21)22-6-2-4-18(14-29)26-22/h2,4,6-12,15,29H,3,5,13-14H2,1H3,(H,25,30). The quantitative estimate of drug-likeness (QED) is 0.644. The molecule has 0 bridgehead atoms. The molecule has 3 heterocycles. The van der Waals surface area contributed by atoms with Crippen molar-refractivity contribution < 1.29 is 9.90 Å². The number of hydrogen-bond acceptors (Lipinski definition) is 5. The predicted molar refractivity (Wildman–Crippen MR) is 117 cm³/mol. The van der Waals surface area contributed by atoms with Gasteiger partial charge in [0, 0.05) is 17.1 Å². The molecule has 2 N–H and O–H groups in total. The molecule has 1 aliphatic heterocycles. The molecule has 0 saturated carbocycles. The fourth-order valence-electron chi connectivity index (χ4n) is 3.61. The van der Waals surface area contributed by atoms with Crippen LogP contribution in [0.2, 0.25) is 5.02 Å². The molecule has 4 rings (SSSR count). The number of hydrogen-bond donors (Lipinski definition) is 2. The zero-order valence-electron chi connectivity index (χ0n) is 16.7. The summed E-state index contributed by atoms with van der Waals surface area (Å²) in [6.07, 6.45) is 1.83. The fourth-order valence-corrected chi connectivity index (χ4v) is 3.73. The van der Waals surface area contributed by atoms with Gasteiger partial charge in [0.05, 0.1) is 35.4 Å². The van der Waals surface area contributed by atoms with Crippen LogP contribution in [0.25, 0.3) is 0 Å².